The van der Waals surface area contributed by atoms with Crippen LogP contribution in [0.2, 0.25) is 18.1 Å². The average Bonchev–Trinajstić information content (AvgIpc) is 3.07. The molecule has 2 atom stereocenters. The van der Waals surface area contributed by atoms with E-state index < -0.39 is 8.32 Å². The van der Waals surface area contributed by atoms with Gasteiger partial charge in [0, 0.05) is 5.92 Å². The third-order valence-corrected chi connectivity index (χ3v) is 10.7. The van der Waals surface area contributed by atoms with E-state index in [1.807, 2.05) is 5.23 Å². The van der Waals surface area contributed by atoms with Gasteiger partial charge < -0.3 is 4.53 Å². The number of rotatable bonds is 4. The fourth-order valence-electron chi connectivity index (χ4n) is 3.94. The predicted molar refractivity (Wildman–Crippen MR) is 114 cm³/mol. The van der Waals surface area contributed by atoms with E-state index in [0.717, 1.165) is 19.5 Å². The summed E-state index contributed by atoms with van der Waals surface area (Å²) in [5, 5.41) is 2.06. The fourth-order valence-corrected chi connectivity index (χ4v) is 4.80. The van der Waals surface area contributed by atoms with Gasteiger partial charge in [0.1, 0.15) is 6.17 Å². The van der Waals surface area contributed by atoms with Gasteiger partial charge >= 0.3 is 0 Å². The maximum absolute atomic E-state index is 6.76. The number of nitrogens with zero attached hydrogens (tertiary/aromatic N) is 2. The zero-order valence-electron chi connectivity index (χ0n) is 18.3. The quantitative estimate of drug-likeness (QED) is 0.630. The van der Waals surface area contributed by atoms with E-state index in [2.05, 4.69) is 82.9 Å². The summed E-state index contributed by atoms with van der Waals surface area (Å²) >= 11 is 0. The first-order valence-corrected chi connectivity index (χ1v) is 13.4. The summed E-state index contributed by atoms with van der Waals surface area (Å²) in [5.74, 6) is 0.373. The van der Waals surface area contributed by atoms with Crippen LogP contribution in [0, 0.1) is 0 Å². The molecule has 2 aliphatic rings. The largest absolute Gasteiger partial charge is 0.319 e. The Labute approximate surface area is 166 Å². The van der Waals surface area contributed by atoms with Gasteiger partial charge in [-0.1, -0.05) is 56.3 Å². The first-order chi connectivity index (χ1) is 12.5. The van der Waals surface area contributed by atoms with Crippen molar-refractivity contribution in [2.24, 2.45) is 0 Å². The Morgan fingerprint density at radius 3 is 2.22 bits per heavy atom. The van der Waals surface area contributed by atoms with Crippen LogP contribution in [0.15, 0.2) is 30.3 Å². The van der Waals surface area contributed by atoms with Crippen molar-refractivity contribution in [1.82, 2.24) is 10.1 Å². The SMILES string of the molecule is CC1(C)C[C@H](c2ccccc2)[C@@H](N2CCCC2)N(O[Si](C)(C)C(C)(C)C)O1. The summed E-state index contributed by atoms with van der Waals surface area (Å²) in [6, 6.07) is 10.9. The Hall–Kier alpha value is -0.723. The van der Waals surface area contributed by atoms with Gasteiger partial charge in [-0.25, -0.2) is 0 Å². The van der Waals surface area contributed by atoms with Gasteiger partial charge in [0.25, 0.3) is 0 Å². The Kier molecular flexibility index (Phi) is 5.91. The molecule has 0 spiro atoms. The third kappa shape index (κ3) is 4.65. The summed E-state index contributed by atoms with van der Waals surface area (Å²) in [6.07, 6.45) is 3.65. The van der Waals surface area contributed by atoms with Crippen LogP contribution in [0.3, 0.4) is 0 Å². The molecule has 3 rings (SSSR count). The van der Waals surface area contributed by atoms with Crippen molar-refractivity contribution in [3.63, 3.8) is 0 Å². The van der Waals surface area contributed by atoms with E-state index >= 15 is 0 Å². The van der Waals surface area contributed by atoms with Gasteiger partial charge in [-0.15, -0.1) is 0 Å². The van der Waals surface area contributed by atoms with Crippen molar-refractivity contribution in [2.45, 2.75) is 89.7 Å². The second-order valence-corrected chi connectivity index (χ2v) is 15.1. The molecule has 0 bridgehead atoms. The zero-order valence-corrected chi connectivity index (χ0v) is 19.3. The molecule has 1 aromatic rings. The van der Waals surface area contributed by atoms with Crippen molar-refractivity contribution in [3.05, 3.63) is 35.9 Å². The molecule has 5 heteroatoms. The number of hydrogen-bond acceptors (Lipinski definition) is 4. The van der Waals surface area contributed by atoms with Crippen molar-refractivity contribution < 1.29 is 9.36 Å². The van der Waals surface area contributed by atoms with Gasteiger partial charge in [-0.2, -0.15) is 0 Å². The molecule has 152 valence electrons. The molecule has 0 N–H and O–H groups in total. The first-order valence-electron chi connectivity index (χ1n) is 10.5. The highest BCUT2D eigenvalue weighted by Crippen LogP contribution is 2.45. The second kappa shape index (κ2) is 7.60. The van der Waals surface area contributed by atoms with Crippen LogP contribution in [0.4, 0.5) is 0 Å². The molecule has 2 saturated heterocycles. The minimum absolute atomic E-state index is 0.135. The zero-order chi connectivity index (χ0) is 19.9. The van der Waals surface area contributed by atoms with Crippen LogP contribution in [-0.2, 0) is 9.36 Å². The van der Waals surface area contributed by atoms with Gasteiger partial charge in [0.15, 0.2) is 0 Å². The minimum atomic E-state index is -2.00. The summed E-state index contributed by atoms with van der Waals surface area (Å²) in [6.45, 7) is 18.1. The van der Waals surface area contributed by atoms with Crippen LogP contribution in [0.25, 0.3) is 0 Å². The molecule has 2 aliphatic heterocycles. The van der Waals surface area contributed by atoms with E-state index in [4.69, 9.17) is 9.36 Å². The standard InChI is InChI=1S/C22H38N2O2Si/c1-21(2,3)27(6,7)26-24-20(23-15-11-12-16-23)19(17-22(4,5)25-24)18-13-9-8-10-14-18/h8-10,13-14,19-20H,11-12,15-17H2,1-7H3/t19-,20+/m1/s1. The molecular weight excluding hydrogens is 352 g/mol. The Morgan fingerprint density at radius 1 is 1.07 bits per heavy atom. The lowest BCUT2D eigenvalue weighted by atomic mass is 9.84. The molecule has 4 nitrogen and oxygen atoms in total. The summed E-state index contributed by atoms with van der Waals surface area (Å²) in [7, 11) is -2.00. The lowest BCUT2D eigenvalue weighted by Crippen LogP contribution is -2.61. The van der Waals surface area contributed by atoms with E-state index in [-0.39, 0.29) is 16.8 Å². The first kappa shape index (κ1) is 21.0. The van der Waals surface area contributed by atoms with Crippen LogP contribution in [-0.4, -0.2) is 43.3 Å². The summed E-state index contributed by atoms with van der Waals surface area (Å²) in [4.78, 5) is 9.06. The molecule has 27 heavy (non-hydrogen) atoms. The molecule has 2 heterocycles. The van der Waals surface area contributed by atoms with E-state index in [9.17, 15) is 0 Å². The maximum Gasteiger partial charge on any atom is 0.223 e. The van der Waals surface area contributed by atoms with E-state index in [0.29, 0.717) is 5.92 Å². The maximum atomic E-state index is 6.76. The van der Waals surface area contributed by atoms with Crippen LogP contribution in [0.5, 0.6) is 0 Å². The molecule has 0 saturated carbocycles. The Morgan fingerprint density at radius 2 is 1.67 bits per heavy atom. The third-order valence-electron chi connectivity index (χ3n) is 6.49. The Bertz CT molecular complexity index is 621. The number of likely N-dealkylation sites (tertiary alicyclic amines) is 1. The topological polar surface area (TPSA) is 24.9 Å². The number of benzene rings is 1. The highest BCUT2D eigenvalue weighted by atomic mass is 28.4. The lowest BCUT2D eigenvalue weighted by molar-refractivity contribution is -0.428. The van der Waals surface area contributed by atoms with Crippen molar-refractivity contribution >= 4 is 8.32 Å². The molecule has 0 unspecified atom stereocenters. The number of hydrogen-bond donors (Lipinski definition) is 0. The van der Waals surface area contributed by atoms with Crippen molar-refractivity contribution in [2.75, 3.05) is 13.1 Å². The van der Waals surface area contributed by atoms with Crippen molar-refractivity contribution in [3.8, 4) is 0 Å². The normalized spacial score (nSPS) is 27.8. The molecular formula is C22H38N2O2Si. The molecule has 0 radical (unpaired) electrons. The molecule has 0 amide bonds. The average molecular weight is 391 g/mol. The smallest absolute Gasteiger partial charge is 0.223 e. The minimum Gasteiger partial charge on any atom is -0.319 e. The number of hydroxylamine groups is 2. The monoisotopic (exact) mass is 390 g/mol. The summed E-state index contributed by atoms with van der Waals surface area (Å²) in [5.41, 5.74) is 1.13. The fraction of sp³-hybridized carbons (Fsp3) is 0.727. The van der Waals surface area contributed by atoms with Gasteiger partial charge in [0.05, 0.1) is 5.60 Å². The second-order valence-electron chi connectivity index (χ2n) is 10.4. The van der Waals surface area contributed by atoms with Gasteiger partial charge in [-0.05, 0) is 69.9 Å². The molecule has 1 aromatic carbocycles. The molecule has 0 aromatic heterocycles. The van der Waals surface area contributed by atoms with Crippen molar-refractivity contribution in [1.29, 1.82) is 0 Å². The predicted octanol–water partition coefficient (Wildman–Crippen LogP) is 5.54. The van der Waals surface area contributed by atoms with Crippen LogP contribution in [0.1, 0.15) is 65.4 Å². The van der Waals surface area contributed by atoms with E-state index in [1.54, 1.807) is 0 Å². The lowest BCUT2D eigenvalue weighted by Gasteiger charge is -2.52. The van der Waals surface area contributed by atoms with Crippen LogP contribution >= 0.6 is 0 Å². The molecule has 0 aliphatic carbocycles. The summed E-state index contributed by atoms with van der Waals surface area (Å²) < 4.78 is 6.76. The van der Waals surface area contributed by atoms with Gasteiger partial charge in [-0.3, -0.25) is 9.74 Å². The highest BCUT2D eigenvalue weighted by Gasteiger charge is 2.50. The highest BCUT2D eigenvalue weighted by molar-refractivity contribution is 6.74. The van der Waals surface area contributed by atoms with Gasteiger partial charge in [0.2, 0.25) is 8.32 Å². The van der Waals surface area contributed by atoms with Crippen LogP contribution < -0.4 is 0 Å². The molecule has 2 fully saturated rings. The van der Waals surface area contributed by atoms with E-state index in [1.165, 1.54) is 18.4 Å². The Balaban J connectivity index is 1.97.